The number of ether oxygens (including phenoxy) is 1. The number of rotatable bonds is 11. The van der Waals surface area contributed by atoms with Gasteiger partial charge in [-0.2, -0.15) is 0 Å². The number of unbranched alkanes of at least 4 members (excludes halogenated alkanes) is 2. The number of esters is 1. The van der Waals surface area contributed by atoms with Gasteiger partial charge >= 0.3 is 5.97 Å². The molecule has 1 saturated carbocycles. The van der Waals surface area contributed by atoms with Crippen LogP contribution in [-0.4, -0.2) is 29.2 Å². The number of carbonyl (C=O) groups is 2. The topological polar surface area (TPSA) is 63.6 Å². The summed E-state index contributed by atoms with van der Waals surface area (Å²) in [4.78, 5) is 25.6. The number of allylic oxidation sites excluding steroid dienone is 2. The van der Waals surface area contributed by atoms with E-state index in [0.717, 1.165) is 68.9 Å². The first-order valence-electron chi connectivity index (χ1n) is 11.8. The standard InChI is InChI=1S/C26H36O4S/c1-3-4-5-9-22(27)18-10-12-20(13-11-18)25-19(14-16-23(25)28)7-6-8-21-15-17-24(31-21)26(29)30-2/h10-13,15,19,22,24-25,27H,3-9,14,16-17H2,1-2H3/t19-,22?,24?,25?/m0/s1. The second-order valence-corrected chi connectivity index (χ2v) is 10.2. The molecule has 2 aliphatic rings. The molecular weight excluding hydrogens is 408 g/mol. The van der Waals surface area contributed by atoms with Crippen molar-refractivity contribution in [2.75, 3.05) is 7.11 Å². The zero-order valence-corrected chi connectivity index (χ0v) is 19.7. The van der Waals surface area contributed by atoms with Gasteiger partial charge in [0, 0.05) is 12.3 Å². The van der Waals surface area contributed by atoms with Crippen LogP contribution in [0.2, 0.25) is 0 Å². The smallest absolute Gasteiger partial charge is 0.319 e. The van der Waals surface area contributed by atoms with Crippen molar-refractivity contribution in [3.8, 4) is 0 Å². The van der Waals surface area contributed by atoms with Gasteiger partial charge in [0.05, 0.1) is 13.2 Å². The van der Waals surface area contributed by atoms with E-state index in [-0.39, 0.29) is 17.1 Å². The van der Waals surface area contributed by atoms with E-state index in [1.165, 1.54) is 12.0 Å². The molecule has 3 unspecified atom stereocenters. The number of methoxy groups -OCH3 is 1. The Morgan fingerprint density at radius 3 is 2.71 bits per heavy atom. The fraction of sp³-hybridized carbons (Fsp3) is 0.615. The molecule has 31 heavy (non-hydrogen) atoms. The number of ketones is 1. The van der Waals surface area contributed by atoms with Crippen LogP contribution < -0.4 is 0 Å². The normalized spacial score (nSPS) is 24.3. The predicted molar refractivity (Wildman–Crippen MR) is 126 cm³/mol. The highest BCUT2D eigenvalue weighted by atomic mass is 32.2. The summed E-state index contributed by atoms with van der Waals surface area (Å²) in [6, 6.07) is 8.11. The summed E-state index contributed by atoms with van der Waals surface area (Å²) in [6.07, 6.45) is 11.3. The fourth-order valence-electron chi connectivity index (χ4n) is 4.85. The number of aliphatic hydroxyl groups is 1. The third-order valence-electron chi connectivity index (χ3n) is 6.66. The molecule has 4 nitrogen and oxygen atoms in total. The molecule has 0 aromatic heterocycles. The molecule has 1 N–H and O–H groups in total. The number of hydrogen-bond donors (Lipinski definition) is 1. The number of benzene rings is 1. The molecule has 0 amide bonds. The Bertz CT molecular complexity index is 770. The van der Waals surface area contributed by atoms with Crippen molar-refractivity contribution in [2.24, 2.45) is 5.92 Å². The number of carbonyl (C=O) groups excluding carboxylic acids is 2. The lowest BCUT2D eigenvalue weighted by Crippen LogP contribution is -2.15. The van der Waals surface area contributed by atoms with E-state index in [1.807, 2.05) is 12.1 Å². The molecular formula is C26H36O4S. The summed E-state index contributed by atoms with van der Waals surface area (Å²) in [5.74, 6) is 0.577. The van der Waals surface area contributed by atoms with Crippen LogP contribution in [0.15, 0.2) is 35.2 Å². The highest BCUT2D eigenvalue weighted by Crippen LogP contribution is 2.42. The monoisotopic (exact) mass is 444 g/mol. The molecule has 1 aliphatic carbocycles. The van der Waals surface area contributed by atoms with E-state index in [9.17, 15) is 14.7 Å². The van der Waals surface area contributed by atoms with E-state index >= 15 is 0 Å². The molecule has 1 aliphatic heterocycles. The highest BCUT2D eigenvalue weighted by Gasteiger charge is 2.35. The third kappa shape index (κ3) is 6.45. The molecule has 1 heterocycles. The lowest BCUT2D eigenvalue weighted by atomic mass is 9.84. The van der Waals surface area contributed by atoms with Gasteiger partial charge in [0.2, 0.25) is 0 Å². The molecule has 1 aromatic rings. The van der Waals surface area contributed by atoms with Gasteiger partial charge in [-0.15, -0.1) is 11.8 Å². The largest absolute Gasteiger partial charge is 0.468 e. The molecule has 1 fully saturated rings. The van der Waals surface area contributed by atoms with Crippen molar-refractivity contribution in [3.05, 3.63) is 46.4 Å². The van der Waals surface area contributed by atoms with Crippen molar-refractivity contribution in [3.63, 3.8) is 0 Å². The minimum absolute atomic E-state index is 0.0145. The SMILES string of the molecule is CCCCCC(O)c1ccc(C2C(=O)CC[C@@H]2CCCC2=CCC(C(=O)OC)S2)cc1. The van der Waals surface area contributed by atoms with Crippen LogP contribution in [0.3, 0.4) is 0 Å². The van der Waals surface area contributed by atoms with E-state index in [4.69, 9.17) is 4.74 Å². The van der Waals surface area contributed by atoms with Gasteiger partial charge in [-0.3, -0.25) is 9.59 Å². The van der Waals surface area contributed by atoms with Crippen LogP contribution in [0, 0.1) is 5.92 Å². The van der Waals surface area contributed by atoms with Gasteiger partial charge in [0.1, 0.15) is 11.0 Å². The molecule has 3 rings (SSSR count). The van der Waals surface area contributed by atoms with Crippen LogP contribution in [0.4, 0.5) is 0 Å². The van der Waals surface area contributed by atoms with Crippen LogP contribution in [-0.2, 0) is 14.3 Å². The first-order valence-corrected chi connectivity index (χ1v) is 12.7. The summed E-state index contributed by atoms with van der Waals surface area (Å²) in [6.45, 7) is 2.17. The molecule has 170 valence electrons. The Balaban J connectivity index is 1.51. The zero-order valence-electron chi connectivity index (χ0n) is 18.8. The van der Waals surface area contributed by atoms with Crippen LogP contribution >= 0.6 is 11.8 Å². The zero-order chi connectivity index (χ0) is 22.2. The van der Waals surface area contributed by atoms with Crippen LogP contribution in [0.5, 0.6) is 0 Å². The van der Waals surface area contributed by atoms with Crippen LogP contribution in [0.1, 0.15) is 94.3 Å². The number of Topliss-reactive ketones (excluding diaryl/α,β-unsaturated/α-hetero) is 1. The van der Waals surface area contributed by atoms with Gasteiger partial charge in [-0.1, -0.05) is 56.5 Å². The minimum atomic E-state index is -0.415. The summed E-state index contributed by atoms with van der Waals surface area (Å²) < 4.78 is 4.84. The lowest BCUT2D eigenvalue weighted by molar-refractivity contribution is -0.139. The second-order valence-electron chi connectivity index (χ2n) is 8.85. The van der Waals surface area contributed by atoms with Gasteiger partial charge in [0.15, 0.2) is 0 Å². The first kappa shape index (κ1) is 24.1. The van der Waals surface area contributed by atoms with Gasteiger partial charge in [-0.25, -0.2) is 0 Å². The lowest BCUT2D eigenvalue weighted by Gasteiger charge is -2.20. The Morgan fingerprint density at radius 2 is 2.00 bits per heavy atom. The summed E-state index contributed by atoms with van der Waals surface area (Å²) in [5.41, 5.74) is 2.05. The van der Waals surface area contributed by atoms with Crippen molar-refractivity contribution in [1.82, 2.24) is 0 Å². The molecule has 0 radical (unpaired) electrons. The van der Waals surface area contributed by atoms with E-state index in [1.54, 1.807) is 11.8 Å². The molecule has 1 aromatic carbocycles. The van der Waals surface area contributed by atoms with Crippen molar-refractivity contribution in [1.29, 1.82) is 0 Å². The summed E-state index contributed by atoms with van der Waals surface area (Å²) in [5, 5.41) is 10.3. The number of aliphatic hydroxyl groups excluding tert-OH is 1. The van der Waals surface area contributed by atoms with E-state index in [0.29, 0.717) is 18.1 Å². The molecule has 5 heteroatoms. The average molecular weight is 445 g/mol. The van der Waals surface area contributed by atoms with Gasteiger partial charge in [-0.05, 0) is 60.5 Å². The van der Waals surface area contributed by atoms with E-state index in [2.05, 4.69) is 25.1 Å². The molecule has 0 bridgehead atoms. The second kappa shape index (κ2) is 11.9. The number of thioether (sulfide) groups is 1. The quantitative estimate of drug-likeness (QED) is 0.330. The van der Waals surface area contributed by atoms with E-state index < -0.39 is 6.10 Å². The Morgan fingerprint density at radius 1 is 1.23 bits per heavy atom. The molecule has 0 spiro atoms. The molecule has 4 atom stereocenters. The summed E-state index contributed by atoms with van der Waals surface area (Å²) in [7, 11) is 1.44. The minimum Gasteiger partial charge on any atom is -0.468 e. The van der Waals surface area contributed by atoms with Crippen molar-refractivity contribution in [2.45, 2.75) is 88.4 Å². The van der Waals surface area contributed by atoms with Crippen molar-refractivity contribution < 1.29 is 19.4 Å². The Labute approximate surface area is 190 Å². The number of hydrogen-bond acceptors (Lipinski definition) is 5. The Kier molecular flexibility index (Phi) is 9.21. The fourth-order valence-corrected chi connectivity index (χ4v) is 6.06. The van der Waals surface area contributed by atoms with Gasteiger partial charge < -0.3 is 9.84 Å². The van der Waals surface area contributed by atoms with Crippen molar-refractivity contribution >= 4 is 23.5 Å². The maximum Gasteiger partial charge on any atom is 0.319 e. The maximum absolute atomic E-state index is 12.6. The van der Waals surface area contributed by atoms with Gasteiger partial charge in [0.25, 0.3) is 0 Å². The third-order valence-corrected chi connectivity index (χ3v) is 8.00. The average Bonchev–Trinajstić information content (AvgIpc) is 3.40. The highest BCUT2D eigenvalue weighted by molar-refractivity contribution is 8.04. The predicted octanol–water partition coefficient (Wildman–Crippen LogP) is 6.10. The van der Waals surface area contributed by atoms with Crippen LogP contribution in [0.25, 0.3) is 0 Å². The molecule has 0 saturated heterocycles. The summed E-state index contributed by atoms with van der Waals surface area (Å²) >= 11 is 1.63. The Hall–Kier alpha value is -1.59. The first-order chi connectivity index (χ1) is 15.0. The maximum atomic E-state index is 12.6.